The van der Waals surface area contributed by atoms with E-state index in [0.29, 0.717) is 5.92 Å². The fraction of sp³-hybridized carbons (Fsp3) is 0.625. The van der Waals surface area contributed by atoms with Gasteiger partial charge in [0.15, 0.2) is 0 Å². The molecule has 0 aliphatic carbocycles. The second-order valence-electron chi connectivity index (χ2n) is 6.59. The fourth-order valence-electron chi connectivity index (χ4n) is 2.56. The smallest absolute Gasteiger partial charge is 0.410 e. The Hall–Kier alpha value is -1.58. The number of carbonyl (C=O) groups excluding carboxylic acids is 1. The highest BCUT2D eigenvalue weighted by Gasteiger charge is 2.34. The lowest BCUT2D eigenvalue weighted by Gasteiger charge is -2.39. The fourth-order valence-corrected chi connectivity index (χ4v) is 2.56. The van der Waals surface area contributed by atoms with Crippen LogP contribution in [0.2, 0.25) is 0 Å². The average molecular weight is 276 g/mol. The molecule has 1 fully saturated rings. The summed E-state index contributed by atoms with van der Waals surface area (Å²) in [7, 11) is 0. The number of hydrogen-bond donors (Lipinski definition) is 0. The first-order valence-corrected chi connectivity index (χ1v) is 7.27. The van der Waals surface area contributed by atoms with E-state index in [2.05, 4.69) is 11.9 Å². The predicted octanol–water partition coefficient (Wildman–Crippen LogP) is 3.79. The predicted molar refractivity (Wildman–Crippen MR) is 78.3 cm³/mol. The molecular formula is C16H24N2O2. The number of amides is 1. The van der Waals surface area contributed by atoms with Gasteiger partial charge in [0, 0.05) is 12.7 Å². The topological polar surface area (TPSA) is 42.4 Å². The van der Waals surface area contributed by atoms with Gasteiger partial charge < -0.3 is 4.74 Å². The van der Waals surface area contributed by atoms with Crippen LogP contribution >= 0.6 is 0 Å². The number of hydrogen-bond acceptors (Lipinski definition) is 3. The molecule has 0 aromatic carbocycles. The summed E-state index contributed by atoms with van der Waals surface area (Å²) in [5.74, 6) is 0.502. The zero-order valence-corrected chi connectivity index (χ0v) is 12.8. The Balaban J connectivity index is 2.19. The Labute approximate surface area is 121 Å². The molecule has 2 rings (SSSR count). The van der Waals surface area contributed by atoms with E-state index in [0.717, 1.165) is 25.1 Å². The van der Waals surface area contributed by atoms with Gasteiger partial charge in [0.25, 0.3) is 0 Å². The molecule has 0 bridgehead atoms. The first-order valence-electron chi connectivity index (χ1n) is 7.27. The number of likely N-dealkylation sites (tertiary alicyclic amines) is 1. The Kier molecular flexibility index (Phi) is 4.31. The van der Waals surface area contributed by atoms with E-state index in [4.69, 9.17) is 4.74 Å². The molecule has 110 valence electrons. The Morgan fingerprint density at radius 3 is 2.70 bits per heavy atom. The maximum Gasteiger partial charge on any atom is 0.410 e. The van der Waals surface area contributed by atoms with Gasteiger partial charge in [0.2, 0.25) is 0 Å². The standard InChI is InChI=1S/C16H24N2O2/c1-12-8-9-14(13-7-5-6-10-17-13)18(11-12)15(19)20-16(2,3)4/h5-7,10,12,14H,8-9,11H2,1-4H3/t12-,14+/m0/s1. The van der Waals surface area contributed by atoms with Gasteiger partial charge in [-0.3, -0.25) is 9.88 Å². The number of rotatable bonds is 1. The molecule has 20 heavy (non-hydrogen) atoms. The first kappa shape index (κ1) is 14.8. The van der Waals surface area contributed by atoms with Gasteiger partial charge in [-0.25, -0.2) is 4.79 Å². The molecule has 1 aliphatic rings. The van der Waals surface area contributed by atoms with Crippen LogP contribution in [0.3, 0.4) is 0 Å². The third-order valence-corrected chi connectivity index (χ3v) is 3.47. The van der Waals surface area contributed by atoms with Crippen LogP contribution in [-0.4, -0.2) is 28.1 Å². The number of carbonyl (C=O) groups is 1. The molecule has 1 aromatic heterocycles. The van der Waals surface area contributed by atoms with E-state index < -0.39 is 5.60 Å². The van der Waals surface area contributed by atoms with E-state index in [1.807, 2.05) is 43.9 Å². The summed E-state index contributed by atoms with van der Waals surface area (Å²) in [6, 6.07) is 5.88. The summed E-state index contributed by atoms with van der Waals surface area (Å²) in [4.78, 5) is 18.7. The minimum absolute atomic E-state index is 0.0299. The second-order valence-corrected chi connectivity index (χ2v) is 6.59. The van der Waals surface area contributed by atoms with Crippen LogP contribution < -0.4 is 0 Å². The lowest BCUT2D eigenvalue weighted by molar-refractivity contribution is 0.00306. The van der Waals surface area contributed by atoms with Crippen LogP contribution in [0.4, 0.5) is 4.79 Å². The highest BCUT2D eigenvalue weighted by molar-refractivity contribution is 5.69. The van der Waals surface area contributed by atoms with Crippen LogP contribution in [0.25, 0.3) is 0 Å². The van der Waals surface area contributed by atoms with Crippen molar-refractivity contribution in [2.75, 3.05) is 6.54 Å². The normalized spacial score (nSPS) is 23.5. The molecule has 0 radical (unpaired) electrons. The summed E-state index contributed by atoms with van der Waals surface area (Å²) < 4.78 is 5.54. The van der Waals surface area contributed by atoms with Gasteiger partial charge in [-0.15, -0.1) is 0 Å². The molecule has 4 heteroatoms. The summed E-state index contributed by atoms with van der Waals surface area (Å²) in [6.45, 7) is 8.60. The second kappa shape index (κ2) is 5.81. The van der Waals surface area contributed by atoms with Crippen LogP contribution in [-0.2, 0) is 4.74 Å². The lowest BCUT2D eigenvalue weighted by atomic mass is 9.92. The van der Waals surface area contributed by atoms with Crippen LogP contribution in [0.15, 0.2) is 24.4 Å². The Morgan fingerprint density at radius 2 is 2.10 bits per heavy atom. The minimum atomic E-state index is -0.466. The van der Waals surface area contributed by atoms with E-state index >= 15 is 0 Å². The maximum atomic E-state index is 12.4. The van der Waals surface area contributed by atoms with Crippen LogP contribution in [0.5, 0.6) is 0 Å². The monoisotopic (exact) mass is 276 g/mol. The molecule has 2 atom stereocenters. The van der Waals surface area contributed by atoms with Crippen molar-refractivity contribution < 1.29 is 9.53 Å². The molecule has 0 unspecified atom stereocenters. The van der Waals surface area contributed by atoms with Crippen molar-refractivity contribution in [1.29, 1.82) is 0 Å². The van der Waals surface area contributed by atoms with Crippen LogP contribution in [0.1, 0.15) is 52.3 Å². The summed E-state index contributed by atoms with van der Waals surface area (Å²) >= 11 is 0. The molecule has 0 saturated carbocycles. The lowest BCUT2D eigenvalue weighted by Crippen LogP contribution is -2.44. The molecule has 0 spiro atoms. The van der Waals surface area contributed by atoms with Gasteiger partial charge >= 0.3 is 6.09 Å². The third-order valence-electron chi connectivity index (χ3n) is 3.47. The summed E-state index contributed by atoms with van der Waals surface area (Å²) in [5, 5.41) is 0. The molecule has 1 aliphatic heterocycles. The molecule has 2 heterocycles. The molecule has 0 N–H and O–H groups in total. The zero-order valence-electron chi connectivity index (χ0n) is 12.8. The number of pyridine rings is 1. The molecule has 1 aromatic rings. The van der Waals surface area contributed by atoms with Crippen molar-refractivity contribution >= 4 is 6.09 Å². The molecule has 4 nitrogen and oxygen atoms in total. The number of piperidine rings is 1. The maximum absolute atomic E-state index is 12.4. The Morgan fingerprint density at radius 1 is 1.35 bits per heavy atom. The number of nitrogens with zero attached hydrogens (tertiary/aromatic N) is 2. The van der Waals surface area contributed by atoms with E-state index in [1.54, 1.807) is 6.20 Å². The molecular weight excluding hydrogens is 252 g/mol. The van der Waals surface area contributed by atoms with Gasteiger partial charge in [0.05, 0.1) is 11.7 Å². The largest absolute Gasteiger partial charge is 0.444 e. The van der Waals surface area contributed by atoms with Crippen LogP contribution in [0, 0.1) is 5.92 Å². The zero-order chi connectivity index (χ0) is 14.8. The van der Waals surface area contributed by atoms with E-state index in [-0.39, 0.29) is 12.1 Å². The highest BCUT2D eigenvalue weighted by Crippen LogP contribution is 2.33. The summed E-state index contributed by atoms with van der Waals surface area (Å²) in [5.41, 5.74) is 0.483. The molecule has 1 saturated heterocycles. The van der Waals surface area contributed by atoms with E-state index in [9.17, 15) is 4.79 Å². The highest BCUT2D eigenvalue weighted by atomic mass is 16.6. The van der Waals surface area contributed by atoms with Gasteiger partial charge in [-0.1, -0.05) is 13.0 Å². The minimum Gasteiger partial charge on any atom is -0.444 e. The average Bonchev–Trinajstić information content (AvgIpc) is 2.37. The van der Waals surface area contributed by atoms with Gasteiger partial charge in [0.1, 0.15) is 5.60 Å². The van der Waals surface area contributed by atoms with Crippen molar-refractivity contribution in [2.24, 2.45) is 5.92 Å². The van der Waals surface area contributed by atoms with E-state index in [1.165, 1.54) is 0 Å². The third kappa shape index (κ3) is 3.71. The number of ether oxygens (including phenoxy) is 1. The first-order chi connectivity index (χ1) is 9.37. The van der Waals surface area contributed by atoms with Gasteiger partial charge in [-0.2, -0.15) is 0 Å². The van der Waals surface area contributed by atoms with Crippen molar-refractivity contribution in [3.8, 4) is 0 Å². The van der Waals surface area contributed by atoms with Crippen molar-refractivity contribution in [3.05, 3.63) is 30.1 Å². The van der Waals surface area contributed by atoms with Crippen molar-refractivity contribution in [3.63, 3.8) is 0 Å². The quantitative estimate of drug-likeness (QED) is 0.783. The van der Waals surface area contributed by atoms with Gasteiger partial charge in [-0.05, 0) is 51.7 Å². The number of aromatic nitrogens is 1. The van der Waals surface area contributed by atoms with Crippen molar-refractivity contribution in [1.82, 2.24) is 9.88 Å². The SMILES string of the molecule is C[C@H]1CC[C@H](c2ccccn2)N(C(=O)OC(C)(C)C)C1. The summed E-state index contributed by atoms with van der Waals surface area (Å²) in [6.07, 6.45) is 3.60. The molecule has 1 amide bonds. The van der Waals surface area contributed by atoms with Crippen molar-refractivity contribution in [2.45, 2.75) is 52.2 Å². The Bertz CT molecular complexity index is 453.